The van der Waals surface area contributed by atoms with Crippen LogP contribution in [0.1, 0.15) is 16.1 Å². The summed E-state index contributed by atoms with van der Waals surface area (Å²) in [5.41, 5.74) is 1.84. The quantitative estimate of drug-likeness (QED) is 0.665. The van der Waals surface area contributed by atoms with Crippen LogP contribution >= 0.6 is 0 Å². The van der Waals surface area contributed by atoms with Gasteiger partial charge in [0.05, 0.1) is 5.56 Å². The van der Waals surface area contributed by atoms with Crippen molar-refractivity contribution in [3.8, 4) is 11.3 Å². The standard InChI is InChI=1S/C18H15NO4S/c1-24(21)16-9-7-14(8-10-16)18(20)22-12-15-11-17(23-19-15)13-5-3-2-4-6-13/h2-11H,12H2,1H3. The van der Waals surface area contributed by atoms with E-state index in [-0.39, 0.29) is 6.61 Å². The zero-order chi connectivity index (χ0) is 16.9. The third kappa shape index (κ3) is 3.78. The first-order chi connectivity index (χ1) is 11.6. The average molecular weight is 341 g/mol. The van der Waals surface area contributed by atoms with Crippen molar-refractivity contribution in [3.05, 3.63) is 71.9 Å². The van der Waals surface area contributed by atoms with E-state index in [1.165, 1.54) is 0 Å². The van der Waals surface area contributed by atoms with Crippen LogP contribution in [0.25, 0.3) is 11.3 Å². The van der Waals surface area contributed by atoms with Gasteiger partial charge < -0.3 is 9.26 Å². The van der Waals surface area contributed by atoms with E-state index in [9.17, 15) is 9.00 Å². The molecule has 2 aromatic carbocycles. The highest BCUT2D eigenvalue weighted by Gasteiger charge is 2.11. The molecule has 5 nitrogen and oxygen atoms in total. The minimum absolute atomic E-state index is 0.0244. The number of carbonyl (C=O) groups excluding carboxylic acids is 1. The summed E-state index contributed by atoms with van der Waals surface area (Å²) in [7, 11) is -1.07. The molecule has 3 aromatic rings. The van der Waals surface area contributed by atoms with Crippen LogP contribution in [0, 0.1) is 0 Å². The van der Waals surface area contributed by atoms with Gasteiger partial charge in [-0.3, -0.25) is 4.21 Å². The van der Waals surface area contributed by atoms with Gasteiger partial charge in [-0.15, -0.1) is 0 Å². The summed E-state index contributed by atoms with van der Waals surface area (Å²) < 4.78 is 21.8. The lowest BCUT2D eigenvalue weighted by Crippen LogP contribution is -2.05. The smallest absolute Gasteiger partial charge is 0.338 e. The average Bonchev–Trinajstić information content (AvgIpc) is 3.09. The summed E-state index contributed by atoms with van der Waals surface area (Å²) in [6.07, 6.45) is 1.59. The number of carbonyl (C=O) groups is 1. The van der Waals surface area contributed by atoms with Crippen LogP contribution in [-0.4, -0.2) is 21.6 Å². The van der Waals surface area contributed by atoms with Gasteiger partial charge in [-0.25, -0.2) is 4.79 Å². The van der Waals surface area contributed by atoms with Crippen molar-refractivity contribution >= 4 is 16.8 Å². The third-order valence-electron chi connectivity index (χ3n) is 3.39. The molecule has 1 unspecified atom stereocenters. The SMILES string of the molecule is CS(=O)c1ccc(C(=O)OCc2cc(-c3ccccc3)on2)cc1. The molecule has 24 heavy (non-hydrogen) atoms. The molecule has 122 valence electrons. The summed E-state index contributed by atoms with van der Waals surface area (Å²) in [6.45, 7) is 0.0244. The molecule has 0 fully saturated rings. The summed E-state index contributed by atoms with van der Waals surface area (Å²) >= 11 is 0. The Kier molecular flexibility index (Phi) is 4.86. The summed E-state index contributed by atoms with van der Waals surface area (Å²) in [5.74, 6) is 0.157. The largest absolute Gasteiger partial charge is 0.455 e. The van der Waals surface area contributed by atoms with E-state index in [1.807, 2.05) is 30.3 Å². The molecule has 0 N–H and O–H groups in total. The second-order valence-corrected chi connectivity index (χ2v) is 6.48. The molecule has 0 spiro atoms. The molecule has 0 aliphatic rings. The van der Waals surface area contributed by atoms with Crippen molar-refractivity contribution in [3.63, 3.8) is 0 Å². The maximum atomic E-state index is 12.0. The maximum absolute atomic E-state index is 12.0. The lowest BCUT2D eigenvalue weighted by atomic mass is 10.2. The van der Waals surface area contributed by atoms with E-state index in [4.69, 9.17) is 9.26 Å². The van der Waals surface area contributed by atoms with Gasteiger partial charge in [0.1, 0.15) is 12.3 Å². The summed E-state index contributed by atoms with van der Waals surface area (Å²) in [5, 5.41) is 3.90. The molecular formula is C18H15NO4S. The van der Waals surface area contributed by atoms with E-state index in [0.717, 1.165) is 5.56 Å². The molecular weight excluding hydrogens is 326 g/mol. The first kappa shape index (κ1) is 16.1. The predicted molar refractivity (Wildman–Crippen MR) is 89.8 cm³/mol. The van der Waals surface area contributed by atoms with Crippen molar-refractivity contribution in [1.29, 1.82) is 0 Å². The Hall–Kier alpha value is -2.73. The first-order valence-electron chi connectivity index (χ1n) is 7.25. The highest BCUT2D eigenvalue weighted by atomic mass is 32.2. The molecule has 1 atom stereocenters. The van der Waals surface area contributed by atoms with Gasteiger partial charge in [-0.1, -0.05) is 35.5 Å². The van der Waals surface area contributed by atoms with Gasteiger partial charge in [0.25, 0.3) is 0 Å². The highest BCUT2D eigenvalue weighted by molar-refractivity contribution is 7.84. The van der Waals surface area contributed by atoms with Crippen LogP contribution in [0.3, 0.4) is 0 Å². The number of esters is 1. The van der Waals surface area contributed by atoms with Gasteiger partial charge in [0.2, 0.25) is 0 Å². The second-order valence-electron chi connectivity index (χ2n) is 5.10. The Morgan fingerprint density at radius 3 is 2.50 bits per heavy atom. The predicted octanol–water partition coefficient (Wildman–Crippen LogP) is 3.44. The fraction of sp³-hybridized carbons (Fsp3) is 0.111. The molecule has 3 rings (SSSR count). The van der Waals surface area contributed by atoms with E-state index in [0.29, 0.717) is 21.9 Å². The van der Waals surface area contributed by atoms with E-state index in [2.05, 4.69) is 5.16 Å². The van der Waals surface area contributed by atoms with Crippen molar-refractivity contribution in [1.82, 2.24) is 5.16 Å². The maximum Gasteiger partial charge on any atom is 0.338 e. The van der Waals surface area contributed by atoms with Crippen LogP contribution in [0.4, 0.5) is 0 Å². The Labute approximate surface area is 141 Å². The lowest BCUT2D eigenvalue weighted by Gasteiger charge is -2.03. The van der Waals surface area contributed by atoms with Gasteiger partial charge in [0, 0.05) is 33.6 Å². The monoisotopic (exact) mass is 341 g/mol. The fourth-order valence-electron chi connectivity index (χ4n) is 2.12. The Balaban J connectivity index is 1.62. The number of rotatable bonds is 5. The van der Waals surface area contributed by atoms with Crippen LogP contribution in [0.5, 0.6) is 0 Å². The highest BCUT2D eigenvalue weighted by Crippen LogP contribution is 2.20. The Bertz CT molecular complexity index is 856. The second kappa shape index (κ2) is 7.23. The molecule has 0 bridgehead atoms. The Morgan fingerprint density at radius 2 is 1.83 bits per heavy atom. The topological polar surface area (TPSA) is 69.4 Å². The number of benzene rings is 2. The van der Waals surface area contributed by atoms with E-state index < -0.39 is 16.8 Å². The number of nitrogens with zero attached hydrogens (tertiary/aromatic N) is 1. The van der Waals surface area contributed by atoms with Crippen molar-refractivity contribution in [2.75, 3.05) is 6.26 Å². The van der Waals surface area contributed by atoms with Gasteiger partial charge >= 0.3 is 5.97 Å². The van der Waals surface area contributed by atoms with E-state index in [1.54, 1.807) is 36.6 Å². The number of ether oxygens (including phenoxy) is 1. The number of hydrogen-bond donors (Lipinski definition) is 0. The zero-order valence-electron chi connectivity index (χ0n) is 13.0. The molecule has 6 heteroatoms. The van der Waals surface area contributed by atoms with Crippen molar-refractivity contribution in [2.24, 2.45) is 0 Å². The van der Waals surface area contributed by atoms with Crippen LogP contribution in [0.2, 0.25) is 0 Å². The molecule has 0 amide bonds. The lowest BCUT2D eigenvalue weighted by molar-refractivity contribution is 0.0464. The fourth-order valence-corrected chi connectivity index (χ4v) is 2.64. The summed E-state index contributed by atoms with van der Waals surface area (Å²) in [6, 6.07) is 17.8. The molecule has 1 heterocycles. The van der Waals surface area contributed by atoms with Gasteiger partial charge in [0.15, 0.2) is 5.76 Å². The summed E-state index contributed by atoms with van der Waals surface area (Å²) in [4.78, 5) is 12.7. The Morgan fingerprint density at radius 1 is 1.12 bits per heavy atom. The van der Waals surface area contributed by atoms with Crippen LogP contribution in [-0.2, 0) is 22.1 Å². The molecule has 0 saturated heterocycles. The van der Waals surface area contributed by atoms with Crippen LogP contribution < -0.4 is 0 Å². The van der Waals surface area contributed by atoms with Crippen molar-refractivity contribution in [2.45, 2.75) is 11.5 Å². The number of hydrogen-bond acceptors (Lipinski definition) is 5. The van der Waals surface area contributed by atoms with Crippen molar-refractivity contribution < 1.29 is 18.3 Å². The van der Waals surface area contributed by atoms with Crippen LogP contribution in [0.15, 0.2) is 70.1 Å². The molecule has 0 aliphatic carbocycles. The third-order valence-corrected chi connectivity index (χ3v) is 4.33. The minimum Gasteiger partial charge on any atom is -0.455 e. The van der Waals surface area contributed by atoms with E-state index >= 15 is 0 Å². The molecule has 0 radical (unpaired) electrons. The van der Waals surface area contributed by atoms with Gasteiger partial charge in [-0.2, -0.15) is 0 Å². The number of aromatic nitrogens is 1. The normalized spacial score (nSPS) is 11.9. The molecule has 0 aliphatic heterocycles. The molecule has 0 saturated carbocycles. The first-order valence-corrected chi connectivity index (χ1v) is 8.81. The molecule has 1 aromatic heterocycles. The minimum atomic E-state index is -1.07. The van der Waals surface area contributed by atoms with Gasteiger partial charge in [-0.05, 0) is 24.3 Å². The zero-order valence-corrected chi connectivity index (χ0v) is 13.8.